The van der Waals surface area contributed by atoms with E-state index in [4.69, 9.17) is 11.6 Å². The molecule has 0 saturated heterocycles. The lowest BCUT2D eigenvalue weighted by Gasteiger charge is -2.25. The smallest absolute Gasteiger partial charge is 0.0871 e. The fourth-order valence-electron chi connectivity index (χ4n) is 1.85. The summed E-state index contributed by atoms with van der Waals surface area (Å²) < 4.78 is 0. The van der Waals surface area contributed by atoms with E-state index in [-0.39, 0.29) is 0 Å². The first-order valence-corrected chi connectivity index (χ1v) is 5.34. The van der Waals surface area contributed by atoms with Gasteiger partial charge in [-0.25, -0.2) is 0 Å². The van der Waals surface area contributed by atoms with Crippen LogP contribution in [0.25, 0.3) is 0 Å². The summed E-state index contributed by atoms with van der Waals surface area (Å²) in [7, 11) is 0. The minimum Gasteiger partial charge on any atom is -0.385 e. The molecule has 1 rings (SSSR count). The van der Waals surface area contributed by atoms with Crippen LogP contribution in [0.4, 0.5) is 0 Å². The molecule has 0 aliphatic carbocycles. The summed E-state index contributed by atoms with van der Waals surface area (Å²) in [5.74, 6) is 0. The molecule has 0 aromatic heterocycles. The highest BCUT2D eigenvalue weighted by Crippen LogP contribution is 2.29. The molecule has 0 radical (unpaired) electrons. The van der Waals surface area contributed by atoms with E-state index in [1.54, 1.807) is 0 Å². The van der Waals surface area contributed by atoms with Crippen molar-refractivity contribution in [1.82, 2.24) is 0 Å². The Kier molecular flexibility index (Phi) is 3.57. The molecule has 78 valence electrons. The Balaban J connectivity index is 3.06. The Bertz CT molecular complexity index is 318. The number of hydrogen-bond acceptors (Lipinski definition) is 1. The summed E-state index contributed by atoms with van der Waals surface area (Å²) in [4.78, 5) is 0. The molecule has 0 fully saturated rings. The normalized spacial score (nSPS) is 15.2. The number of halogens is 1. The monoisotopic (exact) mass is 212 g/mol. The lowest BCUT2D eigenvalue weighted by molar-refractivity contribution is 0.0463. The fourth-order valence-corrected chi connectivity index (χ4v) is 2.08. The SMILES string of the molecule is CCC[C@](C)(O)c1ccc(Cl)cc1C. The third-order valence-corrected chi connectivity index (χ3v) is 2.74. The Labute approximate surface area is 90.7 Å². The maximum atomic E-state index is 10.2. The lowest BCUT2D eigenvalue weighted by Crippen LogP contribution is -2.21. The van der Waals surface area contributed by atoms with Crippen LogP contribution in [0.5, 0.6) is 0 Å². The largest absolute Gasteiger partial charge is 0.385 e. The molecule has 0 spiro atoms. The van der Waals surface area contributed by atoms with Crippen molar-refractivity contribution in [2.75, 3.05) is 0 Å². The molecule has 14 heavy (non-hydrogen) atoms. The summed E-state index contributed by atoms with van der Waals surface area (Å²) in [6, 6.07) is 5.63. The molecule has 2 heteroatoms. The van der Waals surface area contributed by atoms with Crippen molar-refractivity contribution in [3.05, 3.63) is 34.3 Å². The van der Waals surface area contributed by atoms with E-state index in [2.05, 4.69) is 6.92 Å². The minimum absolute atomic E-state index is 0.721. The molecule has 1 N–H and O–H groups in total. The minimum atomic E-state index is -0.733. The van der Waals surface area contributed by atoms with Gasteiger partial charge < -0.3 is 5.11 Å². The molecule has 0 aliphatic rings. The summed E-state index contributed by atoms with van der Waals surface area (Å²) in [5, 5.41) is 10.9. The van der Waals surface area contributed by atoms with Gasteiger partial charge in [-0.05, 0) is 43.5 Å². The second-order valence-electron chi connectivity index (χ2n) is 3.98. The van der Waals surface area contributed by atoms with Crippen LogP contribution in [0.3, 0.4) is 0 Å². The highest BCUT2D eigenvalue weighted by molar-refractivity contribution is 6.30. The maximum Gasteiger partial charge on any atom is 0.0871 e. The van der Waals surface area contributed by atoms with Crippen molar-refractivity contribution in [3.8, 4) is 0 Å². The zero-order valence-corrected chi connectivity index (χ0v) is 9.73. The zero-order chi connectivity index (χ0) is 10.8. The summed E-state index contributed by atoms with van der Waals surface area (Å²) in [6.07, 6.45) is 1.74. The van der Waals surface area contributed by atoms with Gasteiger partial charge in [-0.3, -0.25) is 0 Å². The van der Waals surface area contributed by atoms with Gasteiger partial charge in [-0.2, -0.15) is 0 Å². The van der Waals surface area contributed by atoms with Crippen molar-refractivity contribution in [1.29, 1.82) is 0 Å². The first-order chi connectivity index (χ1) is 6.47. The quantitative estimate of drug-likeness (QED) is 0.811. The molecular weight excluding hydrogens is 196 g/mol. The molecule has 0 bridgehead atoms. The van der Waals surface area contributed by atoms with Crippen molar-refractivity contribution in [2.45, 2.75) is 39.2 Å². The lowest BCUT2D eigenvalue weighted by atomic mass is 9.88. The number of benzene rings is 1. The van der Waals surface area contributed by atoms with E-state index in [0.29, 0.717) is 0 Å². The number of aliphatic hydroxyl groups is 1. The Morgan fingerprint density at radius 1 is 1.43 bits per heavy atom. The molecule has 0 aliphatic heterocycles. The summed E-state index contributed by atoms with van der Waals surface area (Å²) >= 11 is 5.86. The van der Waals surface area contributed by atoms with Gasteiger partial charge in [-0.1, -0.05) is 31.0 Å². The average molecular weight is 213 g/mol. The van der Waals surface area contributed by atoms with Gasteiger partial charge in [0, 0.05) is 5.02 Å². The maximum absolute atomic E-state index is 10.2. The van der Waals surface area contributed by atoms with Gasteiger partial charge in [0.1, 0.15) is 0 Å². The molecular formula is C12H17ClO. The Morgan fingerprint density at radius 2 is 2.07 bits per heavy atom. The van der Waals surface area contributed by atoms with Crippen molar-refractivity contribution in [3.63, 3.8) is 0 Å². The van der Waals surface area contributed by atoms with Crippen LogP contribution in [0.1, 0.15) is 37.8 Å². The highest BCUT2D eigenvalue weighted by atomic mass is 35.5. The first-order valence-electron chi connectivity index (χ1n) is 4.96. The predicted molar refractivity (Wildman–Crippen MR) is 60.7 cm³/mol. The highest BCUT2D eigenvalue weighted by Gasteiger charge is 2.23. The summed E-state index contributed by atoms with van der Waals surface area (Å²) in [6.45, 7) is 5.90. The van der Waals surface area contributed by atoms with E-state index in [1.165, 1.54) is 0 Å². The third-order valence-electron chi connectivity index (χ3n) is 2.51. The van der Waals surface area contributed by atoms with Gasteiger partial charge in [0.25, 0.3) is 0 Å². The summed E-state index contributed by atoms with van der Waals surface area (Å²) in [5.41, 5.74) is 1.29. The molecule has 1 nitrogen and oxygen atoms in total. The molecule has 0 heterocycles. The predicted octanol–water partition coefficient (Wildman–Crippen LogP) is 3.66. The third kappa shape index (κ3) is 2.49. The topological polar surface area (TPSA) is 20.2 Å². The van der Waals surface area contributed by atoms with Gasteiger partial charge in [-0.15, -0.1) is 0 Å². The Hall–Kier alpha value is -0.530. The van der Waals surface area contributed by atoms with Crippen LogP contribution in [-0.2, 0) is 5.60 Å². The van der Waals surface area contributed by atoms with Crippen LogP contribution in [-0.4, -0.2) is 5.11 Å². The number of aryl methyl sites for hydroxylation is 1. The van der Waals surface area contributed by atoms with E-state index in [1.807, 2.05) is 32.0 Å². The average Bonchev–Trinajstić information content (AvgIpc) is 2.02. The van der Waals surface area contributed by atoms with Gasteiger partial charge in [0.2, 0.25) is 0 Å². The Morgan fingerprint density at radius 3 is 2.57 bits per heavy atom. The van der Waals surface area contributed by atoms with Crippen LogP contribution >= 0.6 is 11.6 Å². The second kappa shape index (κ2) is 4.33. The van der Waals surface area contributed by atoms with Crippen molar-refractivity contribution >= 4 is 11.6 Å². The number of hydrogen-bond donors (Lipinski definition) is 1. The van der Waals surface area contributed by atoms with Gasteiger partial charge in [0.05, 0.1) is 5.60 Å². The molecule has 0 unspecified atom stereocenters. The molecule has 1 atom stereocenters. The van der Waals surface area contributed by atoms with E-state index < -0.39 is 5.60 Å². The van der Waals surface area contributed by atoms with E-state index in [0.717, 1.165) is 29.0 Å². The van der Waals surface area contributed by atoms with Crippen LogP contribution in [0, 0.1) is 6.92 Å². The van der Waals surface area contributed by atoms with Crippen molar-refractivity contribution in [2.24, 2.45) is 0 Å². The fraction of sp³-hybridized carbons (Fsp3) is 0.500. The molecule has 0 saturated carbocycles. The van der Waals surface area contributed by atoms with Gasteiger partial charge >= 0.3 is 0 Å². The van der Waals surface area contributed by atoms with E-state index >= 15 is 0 Å². The van der Waals surface area contributed by atoms with E-state index in [9.17, 15) is 5.11 Å². The second-order valence-corrected chi connectivity index (χ2v) is 4.42. The van der Waals surface area contributed by atoms with Crippen molar-refractivity contribution < 1.29 is 5.11 Å². The van der Waals surface area contributed by atoms with Crippen LogP contribution in [0.2, 0.25) is 5.02 Å². The molecule has 1 aromatic carbocycles. The zero-order valence-electron chi connectivity index (χ0n) is 8.97. The molecule has 1 aromatic rings. The van der Waals surface area contributed by atoms with Crippen LogP contribution in [0.15, 0.2) is 18.2 Å². The van der Waals surface area contributed by atoms with Crippen LogP contribution < -0.4 is 0 Å². The first kappa shape index (κ1) is 11.5. The van der Waals surface area contributed by atoms with Gasteiger partial charge in [0.15, 0.2) is 0 Å². The number of rotatable bonds is 3. The molecule has 0 amide bonds. The standard InChI is InChI=1S/C12H17ClO/c1-4-7-12(3,14)11-6-5-10(13)8-9(11)2/h5-6,8,14H,4,7H2,1-3H3/t12-/m0/s1.